The maximum atomic E-state index is 11.9. The highest BCUT2D eigenvalue weighted by Gasteiger charge is 2.12. The minimum Gasteiger partial charge on any atom is -0.343 e. The molecule has 0 radical (unpaired) electrons. The molecule has 2 aromatic rings. The topological polar surface area (TPSA) is 66.1 Å². The Balaban J connectivity index is 2.14. The van der Waals surface area contributed by atoms with Crippen LogP contribution in [0.3, 0.4) is 0 Å². The van der Waals surface area contributed by atoms with Gasteiger partial charge in [-0.3, -0.25) is 9.59 Å². The summed E-state index contributed by atoms with van der Waals surface area (Å²) in [6.07, 6.45) is 0. The van der Waals surface area contributed by atoms with E-state index in [1.807, 2.05) is 26.8 Å². The van der Waals surface area contributed by atoms with E-state index >= 15 is 0 Å². The molecule has 2 rings (SSSR count). The van der Waals surface area contributed by atoms with Crippen LogP contribution in [0.15, 0.2) is 16.0 Å². The fourth-order valence-corrected chi connectivity index (χ4v) is 3.60. The van der Waals surface area contributed by atoms with E-state index in [0.29, 0.717) is 29.4 Å². The smallest absolute Gasteiger partial charge is 0.260 e. The molecule has 1 N–H and O–H groups in total. The molecule has 0 atom stereocenters. The first-order chi connectivity index (χ1) is 9.55. The Hall–Kier alpha value is -1.34. The molecule has 0 aliphatic heterocycles. The molecule has 2 aromatic heterocycles. The lowest BCUT2D eigenvalue weighted by molar-refractivity contribution is -0.127. The SMILES string of the molecule is CCN(CC)C(=O)CSc1nc2sc(C)cc2c(=O)[nH]1. The lowest BCUT2D eigenvalue weighted by atomic mass is 10.4. The van der Waals surface area contributed by atoms with E-state index in [2.05, 4.69) is 9.97 Å². The first-order valence-corrected chi connectivity index (χ1v) is 8.26. The third kappa shape index (κ3) is 3.21. The Morgan fingerprint density at radius 3 is 2.80 bits per heavy atom. The van der Waals surface area contributed by atoms with Crippen molar-refractivity contribution < 1.29 is 4.79 Å². The van der Waals surface area contributed by atoms with Crippen LogP contribution in [0, 0.1) is 6.92 Å². The van der Waals surface area contributed by atoms with E-state index in [1.54, 1.807) is 4.90 Å². The molecule has 0 aliphatic carbocycles. The van der Waals surface area contributed by atoms with E-state index < -0.39 is 0 Å². The Morgan fingerprint density at radius 1 is 1.45 bits per heavy atom. The summed E-state index contributed by atoms with van der Waals surface area (Å²) in [6, 6.07) is 1.83. The van der Waals surface area contributed by atoms with Crippen LogP contribution in [0.5, 0.6) is 0 Å². The van der Waals surface area contributed by atoms with E-state index in [1.165, 1.54) is 23.1 Å². The van der Waals surface area contributed by atoms with Gasteiger partial charge in [0.15, 0.2) is 5.16 Å². The van der Waals surface area contributed by atoms with Gasteiger partial charge in [0.2, 0.25) is 5.91 Å². The van der Waals surface area contributed by atoms with Gasteiger partial charge in [-0.1, -0.05) is 11.8 Å². The summed E-state index contributed by atoms with van der Waals surface area (Å²) < 4.78 is 0. The van der Waals surface area contributed by atoms with Gasteiger partial charge < -0.3 is 9.88 Å². The van der Waals surface area contributed by atoms with Crippen LogP contribution in [0.4, 0.5) is 0 Å². The summed E-state index contributed by atoms with van der Waals surface area (Å²) in [5.74, 6) is 0.352. The molecule has 5 nitrogen and oxygen atoms in total. The molecule has 2 heterocycles. The number of rotatable bonds is 5. The number of thioether (sulfide) groups is 1. The van der Waals surface area contributed by atoms with Crippen molar-refractivity contribution in [2.75, 3.05) is 18.8 Å². The van der Waals surface area contributed by atoms with Crippen LogP contribution < -0.4 is 5.56 Å². The Labute approximate surface area is 125 Å². The van der Waals surface area contributed by atoms with E-state index in [-0.39, 0.29) is 11.5 Å². The number of thiophene rings is 1. The summed E-state index contributed by atoms with van der Waals surface area (Å²) in [6.45, 7) is 7.24. The van der Waals surface area contributed by atoms with Crippen molar-refractivity contribution in [3.8, 4) is 0 Å². The maximum absolute atomic E-state index is 11.9. The number of fused-ring (bicyclic) bond motifs is 1. The van der Waals surface area contributed by atoms with Crippen LogP contribution in [-0.2, 0) is 4.79 Å². The van der Waals surface area contributed by atoms with Crippen LogP contribution in [0.25, 0.3) is 10.2 Å². The molecule has 108 valence electrons. The van der Waals surface area contributed by atoms with Crippen molar-refractivity contribution in [3.05, 3.63) is 21.3 Å². The highest BCUT2D eigenvalue weighted by molar-refractivity contribution is 7.99. The quantitative estimate of drug-likeness (QED) is 0.679. The predicted octanol–water partition coefficient (Wildman–Crippen LogP) is 2.25. The van der Waals surface area contributed by atoms with E-state index in [0.717, 1.165) is 9.71 Å². The van der Waals surface area contributed by atoms with Gasteiger partial charge in [0, 0.05) is 18.0 Å². The van der Waals surface area contributed by atoms with Gasteiger partial charge in [-0.25, -0.2) is 4.98 Å². The number of hydrogen-bond acceptors (Lipinski definition) is 5. The molecule has 0 fully saturated rings. The number of aromatic amines is 1. The lowest BCUT2D eigenvalue weighted by Crippen LogP contribution is -2.32. The largest absolute Gasteiger partial charge is 0.343 e. The summed E-state index contributed by atoms with van der Waals surface area (Å²) in [5, 5.41) is 1.12. The van der Waals surface area contributed by atoms with Crippen LogP contribution in [-0.4, -0.2) is 39.6 Å². The Kier molecular flexibility index (Phi) is 4.82. The van der Waals surface area contributed by atoms with Gasteiger partial charge in [0.1, 0.15) is 4.83 Å². The second kappa shape index (κ2) is 6.41. The van der Waals surface area contributed by atoms with Crippen LogP contribution in [0.1, 0.15) is 18.7 Å². The summed E-state index contributed by atoms with van der Waals surface area (Å²) in [4.78, 5) is 34.5. The fraction of sp³-hybridized carbons (Fsp3) is 0.462. The van der Waals surface area contributed by atoms with Crippen LogP contribution >= 0.6 is 23.1 Å². The van der Waals surface area contributed by atoms with Gasteiger partial charge in [-0.05, 0) is 26.8 Å². The molecule has 0 aliphatic rings. The standard InChI is InChI=1S/C13H17N3O2S2/c1-4-16(5-2)10(17)7-19-13-14-11(18)9-6-8(3)20-12(9)15-13/h6H,4-5,7H2,1-3H3,(H,14,15,18). The first kappa shape index (κ1) is 15.1. The third-order valence-electron chi connectivity index (χ3n) is 2.95. The second-order valence-electron chi connectivity index (χ2n) is 4.30. The van der Waals surface area contributed by atoms with Crippen molar-refractivity contribution in [3.63, 3.8) is 0 Å². The molecule has 0 unspecified atom stereocenters. The summed E-state index contributed by atoms with van der Waals surface area (Å²) in [7, 11) is 0. The van der Waals surface area contributed by atoms with Crippen molar-refractivity contribution in [1.82, 2.24) is 14.9 Å². The summed E-state index contributed by atoms with van der Waals surface area (Å²) in [5.41, 5.74) is -0.142. The first-order valence-electron chi connectivity index (χ1n) is 6.46. The number of aryl methyl sites for hydroxylation is 1. The molecule has 0 spiro atoms. The minimum absolute atomic E-state index is 0.0603. The molecule has 7 heteroatoms. The third-order valence-corrected chi connectivity index (χ3v) is 4.75. The normalized spacial score (nSPS) is 10.9. The van der Waals surface area contributed by atoms with E-state index in [9.17, 15) is 9.59 Å². The van der Waals surface area contributed by atoms with Gasteiger partial charge in [0.25, 0.3) is 5.56 Å². The lowest BCUT2D eigenvalue weighted by Gasteiger charge is -2.17. The van der Waals surface area contributed by atoms with Crippen molar-refractivity contribution in [1.29, 1.82) is 0 Å². The molecule has 0 bridgehead atoms. The predicted molar refractivity (Wildman–Crippen MR) is 83.6 cm³/mol. The number of H-pyrrole nitrogens is 1. The van der Waals surface area contributed by atoms with Gasteiger partial charge >= 0.3 is 0 Å². The number of amides is 1. The molecule has 20 heavy (non-hydrogen) atoms. The molecule has 1 amide bonds. The van der Waals surface area contributed by atoms with E-state index in [4.69, 9.17) is 0 Å². The number of aromatic nitrogens is 2. The Bertz CT molecular complexity index is 674. The number of nitrogens with zero attached hydrogens (tertiary/aromatic N) is 2. The summed E-state index contributed by atoms with van der Waals surface area (Å²) >= 11 is 2.76. The fourth-order valence-electron chi connectivity index (χ4n) is 1.90. The zero-order chi connectivity index (χ0) is 14.7. The Morgan fingerprint density at radius 2 is 2.15 bits per heavy atom. The zero-order valence-electron chi connectivity index (χ0n) is 11.7. The molecular weight excluding hydrogens is 294 g/mol. The highest BCUT2D eigenvalue weighted by atomic mass is 32.2. The molecule has 0 saturated carbocycles. The molecule has 0 aromatic carbocycles. The van der Waals surface area contributed by atoms with Crippen molar-refractivity contribution in [2.45, 2.75) is 25.9 Å². The molecule has 0 saturated heterocycles. The molecular formula is C13H17N3O2S2. The van der Waals surface area contributed by atoms with Gasteiger partial charge in [-0.2, -0.15) is 0 Å². The van der Waals surface area contributed by atoms with Gasteiger partial charge in [-0.15, -0.1) is 11.3 Å². The minimum atomic E-state index is -0.142. The van der Waals surface area contributed by atoms with Crippen molar-refractivity contribution >= 4 is 39.2 Å². The van der Waals surface area contributed by atoms with Crippen molar-refractivity contribution in [2.24, 2.45) is 0 Å². The second-order valence-corrected chi connectivity index (χ2v) is 6.50. The maximum Gasteiger partial charge on any atom is 0.260 e. The number of carbonyl (C=O) groups excluding carboxylic acids is 1. The van der Waals surface area contributed by atoms with Crippen LogP contribution in [0.2, 0.25) is 0 Å². The number of nitrogens with one attached hydrogen (secondary N) is 1. The number of hydrogen-bond donors (Lipinski definition) is 1. The average Bonchev–Trinajstić information content (AvgIpc) is 2.79. The average molecular weight is 311 g/mol. The number of carbonyl (C=O) groups is 1. The highest BCUT2D eigenvalue weighted by Crippen LogP contribution is 2.22. The van der Waals surface area contributed by atoms with Gasteiger partial charge in [0.05, 0.1) is 11.1 Å². The zero-order valence-corrected chi connectivity index (χ0v) is 13.4. The monoisotopic (exact) mass is 311 g/mol.